The summed E-state index contributed by atoms with van der Waals surface area (Å²) in [6.45, 7) is 3.68. The summed E-state index contributed by atoms with van der Waals surface area (Å²) >= 11 is 0. The normalized spacial score (nSPS) is 29.9. The predicted molar refractivity (Wildman–Crippen MR) is 95.6 cm³/mol. The second kappa shape index (κ2) is 4.85. The summed E-state index contributed by atoms with van der Waals surface area (Å²) in [4.78, 5) is 28.3. The van der Waals surface area contributed by atoms with Gasteiger partial charge in [0, 0.05) is 36.8 Å². The van der Waals surface area contributed by atoms with Crippen LogP contribution in [0.2, 0.25) is 0 Å². The smallest absolute Gasteiger partial charge is 0.341 e. The molecule has 2 aliphatic heterocycles. The van der Waals surface area contributed by atoms with Crippen molar-refractivity contribution in [1.82, 2.24) is 9.47 Å². The number of halogens is 1. The molecule has 3 heterocycles. The Morgan fingerprint density at radius 2 is 2.08 bits per heavy atom. The van der Waals surface area contributed by atoms with Crippen LogP contribution in [0.3, 0.4) is 0 Å². The summed E-state index contributed by atoms with van der Waals surface area (Å²) in [5.74, 6) is -1.74. The van der Waals surface area contributed by atoms with E-state index in [9.17, 15) is 19.1 Å². The molecular formula is C19H20FN3O3. The summed E-state index contributed by atoms with van der Waals surface area (Å²) in [6.07, 6.45) is 3.31. The van der Waals surface area contributed by atoms with Crippen LogP contribution in [0.1, 0.15) is 36.2 Å². The molecular weight excluding hydrogens is 337 g/mol. The fourth-order valence-corrected chi connectivity index (χ4v) is 4.48. The Bertz CT molecular complexity index is 1030. The van der Waals surface area contributed by atoms with Gasteiger partial charge in [0.15, 0.2) is 0 Å². The number of carbonyl (C=O) groups is 1. The van der Waals surface area contributed by atoms with E-state index in [0.717, 1.165) is 25.9 Å². The first-order chi connectivity index (χ1) is 12.3. The van der Waals surface area contributed by atoms with Crippen molar-refractivity contribution in [2.24, 2.45) is 0 Å². The molecule has 2 aromatic rings. The van der Waals surface area contributed by atoms with Gasteiger partial charge in [0.05, 0.1) is 16.7 Å². The lowest BCUT2D eigenvalue weighted by Gasteiger charge is -2.25. The lowest BCUT2D eigenvalue weighted by molar-refractivity contribution is 0.0695. The monoisotopic (exact) mass is 357 g/mol. The van der Waals surface area contributed by atoms with Gasteiger partial charge in [0.2, 0.25) is 5.43 Å². The van der Waals surface area contributed by atoms with Gasteiger partial charge in [-0.15, -0.1) is 0 Å². The topological polar surface area (TPSA) is 65.6 Å². The molecule has 7 heteroatoms. The molecule has 1 aromatic heterocycles. The lowest BCUT2D eigenvalue weighted by atomic mass is 10.1. The highest BCUT2D eigenvalue weighted by molar-refractivity contribution is 5.93. The van der Waals surface area contributed by atoms with Gasteiger partial charge < -0.3 is 14.6 Å². The third-order valence-corrected chi connectivity index (χ3v) is 6.44. The highest BCUT2D eigenvalue weighted by Gasteiger charge is 2.62. The van der Waals surface area contributed by atoms with Crippen molar-refractivity contribution < 1.29 is 14.3 Å². The zero-order valence-corrected chi connectivity index (χ0v) is 14.7. The maximum Gasteiger partial charge on any atom is 0.341 e. The van der Waals surface area contributed by atoms with E-state index >= 15 is 0 Å². The maximum absolute atomic E-state index is 14.8. The third-order valence-electron chi connectivity index (χ3n) is 6.44. The number of benzene rings is 1. The molecule has 26 heavy (non-hydrogen) atoms. The van der Waals surface area contributed by atoms with E-state index in [4.69, 9.17) is 0 Å². The molecule has 3 aliphatic rings. The van der Waals surface area contributed by atoms with Crippen molar-refractivity contribution >= 4 is 22.6 Å². The molecule has 3 fully saturated rings. The number of piperazine rings is 1. The van der Waals surface area contributed by atoms with Crippen LogP contribution in [0.25, 0.3) is 10.9 Å². The Labute approximate surface area is 149 Å². The summed E-state index contributed by atoms with van der Waals surface area (Å²) < 4.78 is 16.7. The van der Waals surface area contributed by atoms with Crippen LogP contribution in [0.15, 0.2) is 23.1 Å². The third kappa shape index (κ3) is 2.00. The molecule has 1 aliphatic carbocycles. The van der Waals surface area contributed by atoms with E-state index in [1.165, 1.54) is 12.3 Å². The van der Waals surface area contributed by atoms with Crippen molar-refractivity contribution in [3.05, 3.63) is 39.9 Å². The molecule has 0 bridgehead atoms. The zero-order valence-electron chi connectivity index (χ0n) is 14.7. The molecule has 6 nitrogen and oxygen atoms in total. The number of hydrogen-bond acceptors (Lipinski definition) is 4. The summed E-state index contributed by atoms with van der Waals surface area (Å²) in [7, 11) is 2.08. The molecule has 5 rings (SSSR count). The molecule has 1 saturated carbocycles. The van der Waals surface area contributed by atoms with Crippen molar-refractivity contribution in [1.29, 1.82) is 0 Å². The number of aromatic carboxylic acids is 1. The number of carboxylic acid groups (broad SMARTS) is 1. The first-order valence-corrected chi connectivity index (χ1v) is 8.91. The number of pyridine rings is 1. The first kappa shape index (κ1) is 15.8. The fourth-order valence-electron chi connectivity index (χ4n) is 4.48. The van der Waals surface area contributed by atoms with Crippen molar-refractivity contribution in [3.63, 3.8) is 0 Å². The Morgan fingerprint density at radius 3 is 2.65 bits per heavy atom. The van der Waals surface area contributed by atoms with Crippen molar-refractivity contribution in [2.75, 3.05) is 25.0 Å². The number of aromatic nitrogens is 1. The summed E-state index contributed by atoms with van der Waals surface area (Å²) in [5, 5.41) is 9.46. The number of nitrogens with zero attached hydrogens (tertiary/aromatic N) is 3. The highest BCUT2D eigenvalue weighted by atomic mass is 19.1. The Morgan fingerprint density at radius 1 is 1.35 bits per heavy atom. The van der Waals surface area contributed by atoms with Gasteiger partial charge in [-0.3, -0.25) is 9.69 Å². The summed E-state index contributed by atoms with van der Waals surface area (Å²) in [6, 6.07) is 3.56. The van der Waals surface area contributed by atoms with Gasteiger partial charge in [-0.1, -0.05) is 0 Å². The van der Waals surface area contributed by atoms with Crippen LogP contribution < -0.4 is 10.3 Å². The molecule has 1 aromatic carbocycles. The quantitative estimate of drug-likeness (QED) is 0.852. The van der Waals surface area contributed by atoms with Crippen molar-refractivity contribution in [3.8, 4) is 0 Å². The molecule has 2 saturated heterocycles. The maximum atomic E-state index is 14.8. The van der Waals surface area contributed by atoms with Gasteiger partial charge in [0.1, 0.15) is 11.4 Å². The minimum atomic E-state index is -1.27. The predicted octanol–water partition coefficient (Wildman–Crippen LogP) is 2.07. The van der Waals surface area contributed by atoms with E-state index in [1.807, 2.05) is 9.47 Å². The van der Waals surface area contributed by atoms with Gasteiger partial charge in [-0.25, -0.2) is 9.18 Å². The average Bonchev–Trinajstić information content (AvgIpc) is 3.47. The number of carboxylic acids is 1. The molecule has 136 valence electrons. The standard InChI is InChI=1S/C19H20FN3O3/c1-19-9-22(8-16(19)21(19)2)15-6-14-11(5-13(15)20)17(24)12(18(25)26)7-23(14)10-3-4-10/h5-7,10,16H,3-4,8-9H2,1-2H3,(H,25,26). The van der Waals surface area contributed by atoms with Crippen LogP contribution in [0.5, 0.6) is 0 Å². The molecule has 0 radical (unpaired) electrons. The second-order valence-electron chi connectivity index (χ2n) is 8.00. The largest absolute Gasteiger partial charge is 0.477 e. The molecule has 0 spiro atoms. The van der Waals surface area contributed by atoms with Gasteiger partial charge in [-0.2, -0.15) is 0 Å². The van der Waals surface area contributed by atoms with Crippen molar-refractivity contribution in [2.45, 2.75) is 37.4 Å². The van der Waals surface area contributed by atoms with E-state index in [1.54, 1.807) is 6.07 Å². The van der Waals surface area contributed by atoms with E-state index in [0.29, 0.717) is 17.2 Å². The Hall–Kier alpha value is -2.41. The fraction of sp³-hybridized carbons (Fsp3) is 0.474. The van der Waals surface area contributed by atoms with Gasteiger partial charge in [-0.05, 0) is 38.9 Å². The second-order valence-corrected chi connectivity index (χ2v) is 8.00. The van der Waals surface area contributed by atoms with Crippen LogP contribution in [0, 0.1) is 5.82 Å². The van der Waals surface area contributed by atoms with Crippen LogP contribution >= 0.6 is 0 Å². The van der Waals surface area contributed by atoms with Gasteiger partial charge >= 0.3 is 5.97 Å². The van der Waals surface area contributed by atoms with E-state index in [-0.39, 0.29) is 22.5 Å². The summed E-state index contributed by atoms with van der Waals surface area (Å²) in [5.41, 5.74) is 0.290. The minimum absolute atomic E-state index is 0.0880. The number of rotatable bonds is 3. The van der Waals surface area contributed by atoms with Crippen LogP contribution in [-0.4, -0.2) is 52.3 Å². The van der Waals surface area contributed by atoms with Crippen LogP contribution in [0.4, 0.5) is 10.1 Å². The number of likely N-dealkylation sites (N-methyl/N-ethyl adjacent to an activating group) is 1. The molecule has 3 atom stereocenters. The Balaban J connectivity index is 1.67. The zero-order chi connectivity index (χ0) is 18.4. The average molecular weight is 357 g/mol. The van der Waals surface area contributed by atoms with E-state index < -0.39 is 17.2 Å². The minimum Gasteiger partial charge on any atom is -0.477 e. The van der Waals surface area contributed by atoms with E-state index in [2.05, 4.69) is 18.9 Å². The SMILES string of the molecule is CN1C2CN(c3cc4c(cc3F)c(=O)c(C(=O)O)cn4C3CC3)CC21C. The highest BCUT2D eigenvalue weighted by Crippen LogP contribution is 2.47. The first-order valence-electron chi connectivity index (χ1n) is 8.91. The Kier molecular flexibility index (Phi) is 2.95. The van der Waals surface area contributed by atoms with Gasteiger partial charge in [0.25, 0.3) is 0 Å². The van der Waals surface area contributed by atoms with Crippen LogP contribution in [-0.2, 0) is 0 Å². The molecule has 3 unspecified atom stereocenters. The lowest BCUT2D eigenvalue weighted by Crippen LogP contribution is -2.32. The number of fused-ring (bicyclic) bond motifs is 2. The molecule has 1 N–H and O–H groups in total. The number of hydrogen-bond donors (Lipinski definition) is 1. The molecule has 0 amide bonds. The number of anilines is 1.